The zero-order chi connectivity index (χ0) is 17.8. The SMILES string of the molecule is COc1cccc(C2CN(C(=O)c3cccc(C(=O)O)c3)CCO2)c1. The fourth-order valence-electron chi connectivity index (χ4n) is 2.85. The summed E-state index contributed by atoms with van der Waals surface area (Å²) in [7, 11) is 1.60. The van der Waals surface area contributed by atoms with Gasteiger partial charge in [-0.25, -0.2) is 4.79 Å². The van der Waals surface area contributed by atoms with Crippen molar-refractivity contribution in [3.8, 4) is 5.75 Å². The van der Waals surface area contributed by atoms with E-state index in [-0.39, 0.29) is 17.6 Å². The number of carboxylic acids is 1. The topological polar surface area (TPSA) is 76.1 Å². The number of methoxy groups -OCH3 is 1. The first-order valence-electron chi connectivity index (χ1n) is 7.96. The molecule has 1 atom stereocenters. The molecule has 1 N–H and O–H groups in total. The minimum absolute atomic E-state index is 0.100. The zero-order valence-corrected chi connectivity index (χ0v) is 13.8. The molecule has 2 aromatic rings. The van der Waals surface area contributed by atoms with Gasteiger partial charge in [0.05, 0.1) is 25.8 Å². The number of hydrogen-bond acceptors (Lipinski definition) is 4. The first kappa shape index (κ1) is 17.0. The molecule has 1 amide bonds. The molecule has 1 saturated heterocycles. The first-order valence-corrected chi connectivity index (χ1v) is 7.96. The van der Waals surface area contributed by atoms with Crippen LogP contribution in [0.5, 0.6) is 5.75 Å². The Labute approximate surface area is 145 Å². The van der Waals surface area contributed by atoms with Crippen molar-refractivity contribution in [2.75, 3.05) is 26.8 Å². The number of carbonyl (C=O) groups is 2. The van der Waals surface area contributed by atoms with E-state index in [9.17, 15) is 9.59 Å². The second kappa shape index (κ2) is 7.36. The molecule has 0 spiro atoms. The highest BCUT2D eigenvalue weighted by atomic mass is 16.5. The van der Waals surface area contributed by atoms with Crippen molar-refractivity contribution >= 4 is 11.9 Å². The Hall–Kier alpha value is -2.86. The second-order valence-corrected chi connectivity index (χ2v) is 5.77. The van der Waals surface area contributed by atoms with Crippen molar-refractivity contribution in [2.45, 2.75) is 6.10 Å². The van der Waals surface area contributed by atoms with Crippen molar-refractivity contribution in [1.29, 1.82) is 0 Å². The summed E-state index contributed by atoms with van der Waals surface area (Å²) in [5.41, 5.74) is 1.41. The third-order valence-corrected chi connectivity index (χ3v) is 4.18. The van der Waals surface area contributed by atoms with E-state index in [1.54, 1.807) is 24.1 Å². The summed E-state index contributed by atoms with van der Waals surface area (Å²) in [6.45, 7) is 1.30. The lowest BCUT2D eigenvalue weighted by Crippen LogP contribution is -2.42. The van der Waals surface area contributed by atoms with Gasteiger partial charge in [0.2, 0.25) is 0 Å². The Balaban J connectivity index is 1.77. The molecule has 130 valence electrons. The minimum atomic E-state index is -1.05. The first-order chi connectivity index (χ1) is 12.1. The lowest BCUT2D eigenvalue weighted by atomic mass is 10.1. The predicted octanol–water partition coefficient (Wildman–Crippen LogP) is 2.61. The minimum Gasteiger partial charge on any atom is -0.497 e. The second-order valence-electron chi connectivity index (χ2n) is 5.77. The number of rotatable bonds is 4. The molecule has 1 fully saturated rings. The van der Waals surface area contributed by atoms with Crippen LogP contribution in [0.25, 0.3) is 0 Å². The van der Waals surface area contributed by atoms with Gasteiger partial charge in [0.15, 0.2) is 0 Å². The monoisotopic (exact) mass is 341 g/mol. The molecule has 0 bridgehead atoms. The average molecular weight is 341 g/mol. The fraction of sp³-hybridized carbons (Fsp3) is 0.263. The van der Waals surface area contributed by atoms with E-state index in [0.29, 0.717) is 25.3 Å². The van der Waals surface area contributed by atoms with Crippen molar-refractivity contribution in [3.05, 3.63) is 65.2 Å². The molecular weight excluding hydrogens is 322 g/mol. The van der Waals surface area contributed by atoms with Crippen LogP contribution in [0.3, 0.4) is 0 Å². The average Bonchev–Trinajstić information content (AvgIpc) is 2.67. The summed E-state index contributed by atoms with van der Waals surface area (Å²) in [6.07, 6.45) is -0.240. The van der Waals surface area contributed by atoms with Crippen LogP contribution in [0.15, 0.2) is 48.5 Å². The molecular formula is C19H19NO5. The molecule has 6 heteroatoms. The van der Waals surface area contributed by atoms with Crippen LogP contribution in [0.2, 0.25) is 0 Å². The van der Waals surface area contributed by atoms with Gasteiger partial charge in [0.1, 0.15) is 11.9 Å². The maximum Gasteiger partial charge on any atom is 0.335 e. The van der Waals surface area contributed by atoms with Gasteiger partial charge < -0.3 is 19.5 Å². The molecule has 0 saturated carbocycles. The fourth-order valence-corrected chi connectivity index (χ4v) is 2.85. The smallest absolute Gasteiger partial charge is 0.335 e. The molecule has 6 nitrogen and oxygen atoms in total. The van der Waals surface area contributed by atoms with E-state index in [1.807, 2.05) is 24.3 Å². The summed E-state index contributed by atoms with van der Waals surface area (Å²) < 4.78 is 11.0. The normalized spacial score (nSPS) is 17.2. The van der Waals surface area contributed by atoms with E-state index in [4.69, 9.17) is 14.6 Å². The molecule has 0 radical (unpaired) electrons. The van der Waals surface area contributed by atoms with Crippen molar-refractivity contribution in [2.24, 2.45) is 0 Å². The Kier molecular flexibility index (Phi) is 5.00. The third-order valence-electron chi connectivity index (χ3n) is 4.18. The maximum atomic E-state index is 12.7. The van der Waals surface area contributed by atoms with E-state index in [0.717, 1.165) is 11.3 Å². The van der Waals surface area contributed by atoms with E-state index in [1.165, 1.54) is 12.1 Å². The number of carbonyl (C=O) groups excluding carboxylic acids is 1. The largest absolute Gasteiger partial charge is 0.497 e. The molecule has 2 aromatic carbocycles. The molecule has 1 aliphatic rings. The summed E-state index contributed by atoms with van der Waals surface area (Å²) >= 11 is 0. The van der Waals surface area contributed by atoms with Crippen molar-refractivity contribution in [3.63, 3.8) is 0 Å². The van der Waals surface area contributed by atoms with Gasteiger partial charge >= 0.3 is 5.97 Å². The summed E-state index contributed by atoms with van der Waals surface area (Å²) in [6, 6.07) is 13.6. The van der Waals surface area contributed by atoms with Crippen LogP contribution in [0.1, 0.15) is 32.4 Å². The highest BCUT2D eigenvalue weighted by molar-refractivity contribution is 5.97. The number of morpholine rings is 1. The van der Waals surface area contributed by atoms with Crippen LogP contribution in [0, 0.1) is 0 Å². The summed E-state index contributed by atoms with van der Waals surface area (Å²) in [5, 5.41) is 9.08. The van der Waals surface area contributed by atoms with E-state index >= 15 is 0 Å². The number of ether oxygens (including phenoxy) is 2. The molecule has 1 heterocycles. The molecule has 3 rings (SSSR count). The lowest BCUT2D eigenvalue weighted by molar-refractivity contribution is -0.0228. The number of benzene rings is 2. The molecule has 0 aliphatic carbocycles. The van der Waals surface area contributed by atoms with Gasteiger partial charge in [-0.3, -0.25) is 4.79 Å². The number of hydrogen-bond donors (Lipinski definition) is 1. The summed E-state index contributed by atoms with van der Waals surface area (Å²) in [4.78, 5) is 25.5. The van der Waals surface area contributed by atoms with Crippen LogP contribution >= 0.6 is 0 Å². The van der Waals surface area contributed by atoms with Crippen LogP contribution in [0.4, 0.5) is 0 Å². The van der Waals surface area contributed by atoms with Crippen LogP contribution in [-0.4, -0.2) is 48.7 Å². The van der Waals surface area contributed by atoms with Crippen LogP contribution < -0.4 is 4.74 Å². The third kappa shape index (κ3) is 3.80. The molecule has 0 aromatic heterocycles. The maximum absolute atomic E-state index is 12.7. The predicted molar refractivity (Wildman–Crippen MR) is 91.0 cm³/mol. The van der Waals surface area contributed by atoms with Gasteiger partial charge in [0.25, 0.3) is 5.91 Å². The standard InChI is InChI=1S/C19H19NO5/c1-24-16-7-3-4-13(11-16)17-12-20(8-9-25-17)18(21)14-5-2-6-15(10-14)19(22)23/h2-7,10-11,17H,8-9,12H2,1H3,(H,22,23). The summed E-state index contributed by atoms with van der Waals surface area (Å²) in [5.74, 6) is -0.510. The molecule has 1 aliphatic heterocycles. The van der Waals surface area contributed by atoms with Gasteiger partial charge in [-0.2, -0.15) is 0 Å². The Morgan fingerprint density at radius 2 is 1.92 bits per heavy atom. The van der Waals surface area contributed by atoms with Crippen LogP contribution in [-0.2, 0) is 4.74 Å². The zero-order valence-electron chi connectivity index (χ0n) is 13.8. The quantitative estimate of drug-likeness (QED) is 0.925. The Bertz CT molecular complexity index is 789. The van der Waals surface area contributed by atoms with Gasteiger partial charge in [-0.1, -0.05) is 18.2 Å². The lowest BCUT2D eigenvalue weighted by Gasteiger charge is -2.33. The highest BCUT2D eigenvalue weighted by Gasteiger charge is 2.26. The number of amides is 1. The Morgan fingerprint density at radius 3 is 2.68 bits per heavy atom. The Morgan fingerprint density at radius 1 is 1.16 bits per heavy atom. The molecule has 1 unspecified atom stereocenters. The number of carboxylic acid groups (broad SMARTS) is 1. The van der Waals surface area contributed by atoms with E-state index in [2.05, 4.69) is 0 Å². The van der Waals surface area contributed by atoms with Crippen molar-refractivity contribution < 1.29 is 24.2 Å². The van der Waals surface area contributed by atoms with Gasteiger partial charge in [-0.05, 0) is 35.9 Å². The van der Waals surface area contributed by atoms with Gasteiger partial charge in [0, 0.05) is 12.1 Å². The van der Waals surface area contributed by atoms with Crippen molar-refractivity contribution in [1.82, 2.24) is 4.90 Å². The highest BCUT2D eigenvalue weighted by Crippen LogP contribution is 2.26. The number of aromatic carboxylic acids is 1. The van der Waals surface area contributed by atoms with Gasteiger partial charge in [-0.15, -0.1) is 0 Å². The number of nitrogens with zero attached hydrogens (tertiary/aromatic N) is 1. The van der Waals surface area contributed by atoms with E-state index < -0.39 is 5.97 Å². The molecule has 25 heavy (non-hydrogen) atoms.